The van der Waals surface area contributed by atoms with Crippen molar-refractivity contribution in [2.24, 2.45) is 7.05 Å². The van der Waals surface area contributed by atoms with Gasteiger partial charge in [-0.3, -0.25) is 57.4 Å². The van der Waals surface area contributed by atoms with Crippen LogP contribution < -0.4 is 21.6 Å². The van der Waals surface area contributed by atoms with Gasteiger partial charge in [0.25, 0.3) is 11.4 Å². The number of carbonyl (C=O) groups excluding carboxylic acids is 7. The van der Waals surface area contributed by atoms with E-state index in [1.54, 1.807) is 18.9 Å². The molecule has 24 heteroatoms. The number of imidazole rings is 1. The van der Waals surface area contributed by atoms with Gasteiger partial charge in [-0.2, -0.15) is 0 Å². The minimum Gasteiger partial charge on any atom is -0.481 e. The third-order valence-corrected chi connectivity index (χ3v) is 16.1. The molecule has 2 aromatic heterocycles. The number of H-pyrrole nitrogens is 1. The molecule has 22 nitrogen and oxygen atoms in total. The molecular weight excluding hydrogens is 1080 g/mol. The lowest BCUT2D eigenvalue weighted by molar-refractivity contribution is -0.145. The number of amides is 6. The molecule has 0 spiro atoms. The van der Waals surface area contributed by atoms with Crippen LogP contribution in [-0.2, 0) is 58.1 Å². The Labute approximate surface area is 450 Å². The van der Waals surface area contributed by atoms with Crippen LogP contribution in [0.5, 0.6) is 0 Å². The first-order chi connectivity index (χ1) is 36.7. The summed E-state index contributed by atoms with van der Waals surface area (Å²) in [6, 6.07) is 14.0. The van der Waals surface area contributed by atoms with Crippen molar-refractivity contribution in [3.05, 3.63) is 104 Å². The first kappa shape index (κ1) is 56.4. The maximum absolute atomic E-state index is 14.9. The van der Waals surface area contributed by atoms with Crippen molar-refractivity contribution in [3.8, 4) is 0 Å². The van der Waals surface area contributed by atoms with Gasteiger partial charge in [0.1, 0.15) is 23.8 Å². The standard InChI is InChI=1S/C53H62BrN8O14P/c1-30(76-29-32-9-13-35(54)14-10-32)37(17-22-47(65)66)56-49(68)42-19-15-36-23-24-60(28-40(51(70)61(36)42)57-48(67)39-27-34-26-33(12-16-38(34)55-39)52(71)77(73,74)75)46(64)8-6-4-3-5-7-31-11-18-41-44(25-31)59(2)53(72)62(41)43-20-21-45(63)58-50(43)69/h9-14,16,18,25-27,30,36-37,40,42-43,55H,3-8,15,17,19-24,28-29H2,1-2H3,(H,56,68)(H,57,67)(H,65,66)(H,58,63,69)(H2,73,74,75)/t30-,36-,37+,40+,42+,43?/m1/s1. The summed E-state index contributed by atoms with van der Waals surface area (Å²) in [4.78, 5) is 144. The average Bonchev–Trinajstić information content (AvgIpc) is 4.13. The van der Waals surface area contributed by atoms with Gasteiger partial charge in [-0.1, -0.05) is 47.0 Å². The second-order valence-corrected chi connectivity index (χ2v) is 22.5. The largest absolute Gasteiger partial charge is 0.481 e. The highest BCUT2D eigenvalue weighted by atomic mass is 79.9. The summed E-state index contributed by atoms with van der Waals surface area (Å²) in [5.74, 6) is -4.03. The lowest BCUT2D eigenvalue weighted by Gasteiger charge is -2.39. The van der Waals surface area contributed by atoms with Gasteiger partial charge in [0, 0.05) is 66.4 Å². The molecule has 5 aromatic rings. The molecule has 3 aromatic carbocycles. The number of carboxylic acid groups (broad SMARTS) is 1. The van der Waals surface area contributed by atoms with E-state index in [9.17, 15) is 62.6 Å². The Morgan fingerprint density at radius 3 is 2.34 bits per heavy atom. The van der Waals surface area contributed by atoms with E-state index in [0.717, 1.165) is 28.4 Å². The second-order valence-electron chi connectivity index (χ2n) is 20.1. The van der Waals surface area contributed by atoms with Crippen molar-refractivity contribution in [1.29, 1.82) is 0 Å². The first-order valence-electron chi connectivity index (χ1n) is 25.7. The number of hydrogen-bond donors (Lipinski definition) is 7. The first-order valence-corrected chi connectivity index (χ1v) is 28.1. The Hall–Kier alpha value is -6.78. The molecule has 3 aliphatic heterocycles. The number of aliphatic carboxylic acids is 1. The van der Waals surface area contributed by atoms with E-state index < -0.39 is 79.0 Å². The van der Waals surface area contributed by atoms with E-state index >= 15 is 0 Å². The number of carbonyl (C=O) groups is 8. The van der Waals surface area contributed by atoms with Crippen LogP contribution >= 0.6 is 23.5 Å². The van der Waals surface area contributed by atoms with Crippen LogP contribution in [0.1, 0.15) is 122 Å². The van der Waals surface area contributed by atoms with E-state index in [-0.39, 0.29) is 92.4 Å². The zero-order valence-corrected chi connectivity index (χ0v) is 45.1. The molecule has 1 unspecified atom stereocenters. The molecule has 77 heavy (non-hydrogen) atoms. The maximum Gasteiger partial charge on any atom is 0.396 e. The van der Waals surface area contributed by atoms with E-state index in [1.165, 1.54) is 38.3 Å². The summed E-state index contributed by atoms with van der Waals surface area (Å²) in [6.07, 6.45) is 4.23. The number of ether oxygens (including phenoxy) is 1. The zero-order chi connectivity index (χ0) is 55.3. The van der Waals surface area contributed by atoms with E-state index in [4.69, 9.17) is 4.74 Å². The molecule has 3 fully saturated rings. The summed E-state index contributed by atoms with van der Waals surface area (Å²) >= 11 is 3.41. The molecule has 6 atom stereocenters. The number of hydrogen-bond acceptors (Lipinski definition) is 11. The predicted molar refractivity (Wildman–Crippen MR) is 283 cm³/mol. The molecule has 0 saturated carbocycles. The van der Waals surface area contributed by atoms with Crippen molar-refractivity contribution in [2.75, 3.05) is 13.1 Å². The number of imide groups is 1. The molecule has 6 amide bonds. The minimum atomic E-state index is -5.11. The van der Waals surface area contributed by atoms with Crippen LogP contribution in [0.25, 0.3) is 21.9 Å². The smallest absolute Gasteiger partial charge is 0.396 e. The molecule has 3 saturated heterocycles. The van der Waals surface area contributed by atoms with Gasteiger partial charge in [0.15, 0.2) is 0 Å². The van der Waals surface area contributed by atoms with Crippen LogP contribution in [0.4, 0.5) is 0 Å². The fraction of sp³-hybridized carbons (Fsp3) is 0.453. The second kappa shape index (κ2) is 24.3. The zero-order valence-electron chi connectivity index (χ0n) is 42.6. The van der Waals surface area contributed by atoms with Crippen molar-refractivity contribution in [2.45, 2.75) is 133 Å². The van der Waals surface area contributed by atoms with Crippen LogP contribution in [0.15, 0.2) is 76.0 Å². The molecule has 0 aliphatic carbocycles. The molecule has 5 heterocycles. The summed E-state index contributed by atoms with van der Waals surface area (Å²) in [5.41, 5.74) is 1.43. The highest BCUT2D eigenvalue weighted by molar-refractivity contribution is 9.10. The van der Waals surface area contributed by atoms with Crippen molar-refractivity contribution < 1.29 is 62.6 Å². The average molecular weight is 1150 g/mol. The SMILES string of the molecule is C[C@@H](OCc1ccc(Br)cc1)[C@H](CCC(=O)O)NC(=O)[C@@H]1CC[C@@H]2CCN(C(=O)CCCCCCc3ccc4c(c3)n(C)c(=O)n4C3CCC(=O)NC3=O)C[C@H](NC(=O)c3cc4cc(C(=O)P(=O)(O)O)ccc4[nH]3)C(=O)N21. The number of unbranched alkanes of at least 4 members (excludes halogenated alkanes) is 3. The van der Waals surface area contributed by atoms with Gasteiger partial charge in [-0.25, -0.2) is 4.79 Å². The number of aromatic nitrogens is 3. The monoisotopic (exact) mass is 1140 g/mol. The number of fused-ring (bicyclic) bond motifs is 3. The Morgan fingerprint density at radius 2 is 1.61 bits per heavy atom. The Morgan fingerprint density at radius 1 is 0.870 bits per heavy atom. The molecule has 7 N–H and O–H groups in total. The van der Waals surface area contributed by atoms with Crippen molar-refractivity contribution in [1.82, 2.24) is 39.9 Å². The minimum absolute atomic E-state index is 0.0474. The molecule has 0 bridgehead atoms. The number of carboxylic acids is 1. The molecule has 3 aliphatic rings. The van der Waals surface area contributed by atoms with Crippen molar-refractivity contribution in [3.63, 3.8) is 0 Å². The summed E-state index contributed by atoms with van der Waals surface area (Å²) in [7, 11) is -3.46. The van der Waals surface area contributed by atoms with Gasteiger partial charge in [-0.15, -0.1) is 0 Å². The van der Waals surface area contributed by atoms with E-state index in [0.29, 0.717) is 48.7 Å². The summed E-state index contributed by atoms with van der Waals surface area (Å²) in [5, 5.41) is 17.9. The summed E-state index contributed by atoms with van der Waals surface area (Å²) in [6.45, 7) is 1.93. The third kappa shape index (κ3) is 13.3. The van der Waals surface area contributed by atoms with Crippen LogP contribution in [0.2, 0.25) is 0 Å². The Bertz CT molecular complexity index is 3220. The van der Waals surface area contributed by atoms with Crippen LogP contribution in [-0.4, -0.2) is 129 Å². The lowest BCUT2D eigenvalue weighted by atomic mass is 10.0. The van der Waals surface area contributed by atoms with Crippen molar-refractivity contribution >= 4 is 92.4 Å². The Kier molecular flexibility index (Phi) is 17.8. The quantitative estimate of drug-likeness (QED) is 0.0297. The summed E-state index contributed by atoms with van der Waals surface area (Å²) < 4.78 is 21.6. The fourth-order valence-corrected chi connectivity index (χ4v) is 11.3. The molecular formula is C53H62BrN8O14P. The highest BCUT2D eigenvalue weighted by Crippen LogP contribution is 2.39. The number of aryl methyl sites for hydroxylation is 2. The topological polar surface area (TPSA) is 309 Å². The van der Waals surface area contributed by atoms with E-state index in [1.807, 2.05) is 42.5 Å². The number of nitrogens with one attached hydrogen (secondary N) is 4. The Balaban J connectivity index is 0.935. The van der Waals surface area contributed by atoms with E-state index in [2.05, 4.69) is 36.9 Å². The van der Waals surface area contributed by atoms with Gasteiger partial charge in [-0.05, 0) is 118 Å². The number of benzene rings is 3. The fourth-order valence-electron chi connectivity index (χ4n) is 10.6. The van der Waals surface area contributed by atoms with Crippen LogP contribution in [0, 0.1) is 0 Å². The maximum atomic E-state index is 14.9. The number of rotatable bonds is 21. The van der Waals surface area contributed by atoms with Gasteiger partial charge in [0.2, 0.25) is 29.5 Å². The molecule has 0 radical (unpaired) electrons. The third-order valence-electron chi connectivity index (χ3n) is 14.8. The van der Waals surface area contributed by atoms with Gasteiger partial charge < -0.3 is 45.0 Å². The number of aromatic amines is 1. The number of piperidine rings is 1. The number of nitrogens with zero attached hydrogens (tertiary/aromatic N) is 4. The number of halogens is 1. The molecule has 8 rings (SSSR count). The molecule has 410 valence electrons. The van der Waals surface area contributed by atoms with Crippen LogP contribution in [0.3, 0.4) is 0 Å². The van der Waals surface area contributed by atoms with Gasteiger partial charge >= 0.3 is 19.3 Å². The predicted octanol–water partition coefficient (Wildman–Crippen LogP) is 4.72. The highest BCUT2D eigenvalue weighted by Gasteiger charge is 2.46. The van der Waals surface area contributed by atoms with Gasteiger partial charge in [0.05, 0.1) is 29.8 Å². The lowest BCUT2D eigenvalue weighted by Crippen LogP contribution is -2.61. The normalized spacial score (nSPS) is 19.8.